The lowest BCUT2D eigenvalue weighted by molar-refractivity contribution is 0.215. The first kappa shape index (κ1) is 12.6. The fourth-order valence-corrected chi connectivity index (χ4v) is 1.74. The van der Waals surface area contributed by atoms with E-state index in [0.717, 1.165) is 15.7 Å². The Hall–Kier alpha value is -1.81. The molecule has 1 N–H and O–H groups in total. The first-order valence-electron chi connectivity index (χ1n) is 5.44. The predicted octanol–water partition coefficient (Wildman–Crippen LogP) is 4.37. The van der Waals surface area contributed by atoms with Crippen LogP contribution in [0.3, 0.4) is 0 Å². The average molecular weight is 306 g/mol. The number of rotatable bonds is 2. The third-order valence-corrected chi connectivity index (χ3v) is 2.82. The molecule has 2 aromatic carbocycles. The van der Waals surface area contributed by atoms with Crippen LogP contribution in [-0.2, 0) is 0 Å². The summed E-state index contributed by atoms with van der Waals surface area (Å²) >= 11 is 3.32. The van der Waals surface area contributed by atoms with E-state index in [-0.39, 0.29) is 0 Å². The normalized spacial score (nSPS) is 9.89. The molecule has 0 fully saturated rings. The summed E-state index contributed by atoms with van der Waals surface area (Å²) in [5.74, 6) is 0.503. The minimum atomic E-state index is -0.497. The van der Waals surface area contributed by atoms with Crippen LogP contribution in [0.1, 0.15) is 5.56 Å². The van der Waals surface area contributed by atoms with E-state index in [1.54, 1.807) is 12.1 Å². The van der Waals surface area contributed by atoms with Crippen LogP contribution in [0.15, 0.2) is 53.0 Å². The SMILES string of the molecule is Cc1cccc(NC(=O)Oc2ccc(Br)cc2)c1. The maximum atomic E-state index is 11.6. The van der Waals surface area contributed by atoms with Crippen LogP contribution in [-0.4, -0.2) is 6.09 Å². The third kappa shape index (κ3) is 3.60. The molecule has 4 heteroatoms. The van der Waals surface area contributed by atoms with Crippen LogP contribution in [0.4, 0.5) is 10.5 Å². The van der Waals surface area contributed by atoms with E-state index in [1.807, 2.05) is 43.3 Å². The van der Waals surface area contributed by atoms with Crippen molar-refractivity contribution in [2.75, 3.05) is 5.32 Å². The molecule has 3 nitrogen and oxygen atoms in total. The zero-order valence-electron chi connectivity index (χ0n) is 9.81. The highest BCUT2D eigenvalue weighted by molar-refractivity contribution is 9.10. The fourth-order valence-electron chi connectivity index (χ4n) is 1.48. The van der Waals surface area contributed by atoms with E-state index in [0.29, 0.717) is 5.75 Å². The molecule has 92 valence electrons. The Balaban J connectivity index is 1.98. The van der Waals surface area contributed by atoms with Crippen molar-refractivity contribution >= 4 is 27.7 Å². The first-order chi connectivity index (χ1) is 8.63. The smallest absolute Gasteiger partial charge is 0.410 e. The minimum absolute atomic E-state index is 0.497. The van der Waals surface area contributed by atoms with E-state index < -0.39 is 6.09 Å². The number of halogens is 1. The second kappa shape index (κ2) is 5.69. The third-order valence-electron chi connectivity index (χ3n) is 2.29. The molecule has 18 heavy (non-hydrogen) atoms. The highest BCUT2D eigenvalue weighted by Gasteiger charge is 2.04. The zero-order valence-corrected chi connectivity index (χ0v) is 11.4. The molecule has 0 radical (unpaired) electrons. The number of carbonyl (C=O) groups excluding carboxylic acids is 1. The van der Waals surface area contributed by atoms with Gasteiger partial charge in [0.05, 0.1) is 0 Å². The molecule has 0 aliphatic carbocycles. The molecule has 0 aliphatic heterocycles. The zero-order chi connectivity index (χ0) is 13.0. The van der Waals surface area contributed by atoms with Gasteiger partial charge >= 0.3 is 6.09 Å². The van der Waals surface area contributed by atoms with Gasteiger partial charge in [-0.1, -0.05) is 28.1 Å². The second-order valence-electron chi connectivity index (χ2n) is 3.84. The summed E-state index contributed by atoms with van der Waals surface area (Å²) in [6, 6.07) is 14.6. The van der Waals surface area contributed by atoms with Crippen LogP contribution < -0.4 is 10.1 Å². The number of aryl methyl sites for hydroxylation is 1. The minimum Gasteiger partial charge on any atom is -0.410 e. The molecule has 0 saturated carbocycles. The van der Waals surface area contributed by atoms with E-state index in [1.165, 1.54) is 0 Å². The molecule has 1 amide bonds. The highest BCUT2D eigenvalue weighted by Crippen LogP contribution is 2.17. The van der Waals surface area contributed by atoms with Gasteiger partial charge < -0.3 is 4.74 Å². The maximum Gasteiger partial charge on any atom is 0.417 e. The standard InChI is InChI=1S/C14H12BrNO2/c1-10-3-2-4-12(9-10)16-14(17)18-13-7-5-11(15)6-8-13/h2-9H,1H3,(H,16,17). The van der Waals surface area contributed by atoms with Crippen LogP contribution in [0, 0.1) is 6.92 Å². The topological polar surface area (TPSA) is 38.3 Å². The molecular weight excluding hydrogens is 294 g/mol. The van der Waals surface area contributed by atoms with Gasteiger partial charge in [0, 0.05) is 10.2 Å². The average Bonchev–Trinajstić information content (AvgIpc) is 2.32. The van der Waals surface area contributed by atoms with Gasteiger partial charge in [-0.25, -0.2) is 4.79 Å². The molecular formula is C14H12BrNO2. The van der Waals surface area contributed by atoms with Crippen LogP contribution in [0.5, 0.6) is 5.75 Å². The summed E-state index contributed by atoms with van der Waals surface area (Å²) in [4.78, 5) is 11.6. The first-order valence-corrected chi connectivity index (χ1v) is 6.24. The lowest BCUT2D eigenvalue weighted by Crippen LogP contribution is -2.16. The summed E-state index contributed by atoms with van der Waals surface area (Å²) in [6.07, 6.45) is -0.497. The summed E-state index contributed by atoms with van der Waals surface area (Å²) in [6.45, 7) is 1.96. The number of hydrogen-bond donors (Lipinski definition) is 1. The van der Waals surface area contributed by atoms with Gasteiger partial charge in [0.15, 0.2) is 0 Å². The van der Waals surface area contributed by atoms with Crippen LogP contribution >= 0.6 is 15.9 Å². The number of ether oxygens (including phenoxy) is 1. The van der Waals surface area contributed by atoms with Gasteiger partial charge in [0.25, 0.3) is 0 Å². The highest BCUT2D eigenvalue weighted by atomic mass is 79.9. The number of hydrogen-bond acceptors (Lipinski definition) is 2. The quantitative estimate of drug-likeness (QED) is 0.895. The molecule has 2 rings (SSSR count). The molecule has 0 heterocycles. The molecule has 0 aromatic heterocycles. The van der Waals surface area contributed by atoms with Crippen molar-refractivity contribution in [3.8, 4) is 5.75 Å². The van der Waals surface area contributed by atoms with Crippen LogP contribution in [0.25, 0.3) is 0 Å². The van der Waals surface area contributed by atoms with E-state index in [2.05, 4.69) is 21.2 Å². The van der Waals surface area contributed by atoms with Crippen LogP contribution in [0.2, 0.25) is 0 Å². The molecule has 0 unspecified atom stereocenters. The molecule has 0 spiro atoms. The Labute approximate surface area is 114 Å². The number of anilines is 1. The van der Waals surface area contributed by atoms with Gasteiger partial charge in [-0.2, -0.15) is 0 Å². The summed E-state index contributed by atoms with van der Waals surface area (Å²) in [5.41, 5.74) is 1.80. The van der Waals surface area contributed by atoms with Crippen molar-refractivity contribution in [1.29, 1.82) is 0 Å². The van der Waals surface area contributed by atoms with Gasteiger partial charge in [0.1, 0.15) is 5.75 Å². The lowest BCUT2D eigenvalue weighted by atomic mass is 10.2. The largest absolute Gasteiger partial charge is 0.417 e. The molecule has 2 aromatic rings. The second-order valence-corrected chi connectivity index (χ2v) is 4.75. The maximum absolute atomic E-state index is 11.6. The lowest BCUT2D eigenvalue weighted by Gasteiger charge is -2.07. The van der Waals surface area contributed by atoms with Gasteiger partial charge in [-0.05, 0) is 48.9 Å². The molecule has 0 atom stereocenters. The Morgan fingerprint density at radius 2 is 1.89 bits per heavy atom. The van der Waals surface area contributed by atoms with Crippen molar-refractivity contribution in [3.05, 3.63) is 58.6 Å². The van der Waals surface area contributed by atoms with Crippen molar-refractivity contribution in [2.45, 2.75) is 6.92 Å². The van der Waals surface area contributed by atoms with Crippen molar-refractivity contribution in [2.24, 2.45) is 0 Å². The van der Waals surface area contributed by atoms with Crippen molar-refractivity contribution in [1.82, 2.24) is 0 Å². The van der Waals surface area contributed by atoms with E-state index >= 15 is 0 Å². The summed E-state index contributed by atoms with van der Waals surface area (Å²) in [5, 5.41) is 2.67. The van der Waals surface area contributed by atoms with Gasteiger partial charge in [-0.3, -0.25) is 5.32 Å². The number of amides is 1. The van der Waals surface area contributed by atoms with Crippen molar-refractivity contribution < 1.29 is 9.53 Å². The predicted molar refractivity (Wildman–Crippen MR) is 75.0 cm³/mol. The van der Waals surface area contributed by atoms with Gasteiger partial charge in [0.2, 0.25) is 0 Å². The van der Waals surface area contributed by atoms with E-state index in [4.69, 9.17) is 4.74 Å². The molecule has 0 bridgehead atoms. The Morgan fingerprint density at radius 1 is 1.17 bits per heavy atom. The number of nitrogens with one attached hydrogen (secondary N) is 1. The summed E-state index contributed by atoms with van der Waals surface area (Å²) < 4.78 is 6.08. The van der Waals surface area contributed by atoms with Gasteiger partial charge in [-0.15, -0.1) is 0 Å². The Kier molecular flexibility index (Phi) is 3.99. The monoisotopic (exact) mass is 305 g/mol. The van der Waals surface area contributed by atoms with E-state index in [9.17, 15) is 4.79 Å². The molecule has 0 aliphatic rings. The molecule has 0 saturated heterocycles. The Morgan fingerprint density at radius 3 is 2.56 bits per heavy atom. The van der Waals surface area contributed by atoms with Crippen molar-refractivity contribution in [3.63, 3.8) is 0 Å². The Bertz CT molecular complexity index is 552. The number of benzene rings is 2. The summed E-state index contributed by atoms with van der Waals surface area (Å²) in [7, 11) is 0. The fraction of sp³-hybridized carbons (Fsp3) is 0.0714. The number of carbonyl (C=O) groups is 1.